The molecule has 0 amide bonds. The van der Waals surface area contributed by atoms with Crippen LogP contribution in [-0.2, 0) is 4.79 Å². The fourth-order valence-electron chi connectivity index (χ4n) is 3.93. The molecule has 0 bridgehead atoms. The number of hydrogen-bond acceptors (Lipinski definition) is 4. The standard InChI is InChI=1S/C22H19NO3/c1-12-18(13(2)24)19(14-8-10-15(26-3)11-9-14)20-21(23-12)16-6-4-5-7-17(16)22(20)25/h4-11,19,23H,1-3H3/t19-/m1/s1. The second kappa shape index (κ2) is 5.99. The molecule has 0 radical (unpaired) electrons. The van der Waals surface area contributed by atoms with E-state index in [0.29, 0.717) is 16.7 Å². The van der Waals surface area contributed by atoms with Gasteiger partial charge in [0.05, 0.1) is 12.8 Å². The van der Waals surface area contributed by atoms with Crippen LogP contribution in [0.25, 0.3) is 5.70 Å². The van der Waals surface area contributed by atoms with Gasteiger partial charge in [-0.25, -0.2) is 0 Å². The number of fused-ring (bicyclic) bond motifs is 2. The van der Waals surface area contributed by atoms with Gasteiger partial charge in [-0.1, -0.05) is 36.4 Å². The molecule has 1 aliphatic heterocycles. The Morgan fingerprint density at radius 2 is 1.69 bits per heavy atom. The molecule has 130 valence electrons. The lowest BCUT2D eigenvalue weighted by Gasteiger charge is -2.29. The molecule has 0 aromatic heterocycles. The van der Waals surface area contributed by atoms with Gasteiger partial charge in [0.2, 0.25) is 0 Å². The predicted molar refractivity (Wildman–Crippen MR) is 99.9 cm³/mol. The maximum absolute atomic E-state index is 13.2. The Morgan fingerprint density at radius 1 is 1.04 bits per heavy atom. The molecule has 1 aliphatic carbocycles. The normalized spacial score (nSPS) is 18.4. The number of allylic oxidation sites excluding steroid dienone is 3. The Bertz CT molecular complexity index is 996. The Morgan fingerprint density at radius 3 is 2.31 bits per heavy atom. The first-order valence-electron chi connectivity index (χ1n) is 8.54. The zero-order valence-electron chi connectivity index (χ0n) is 14.9. The average Bonchev–Trinajstić information content (AvgIpc) is 2.93. The van der Waals surface area contributed by atoms with Crippen LogP contribution >= 0.6 is 0 Å². The van der Waals surface area contributed by atoms with Gasteiger partial charge in [0.25, 0.3) is 0 Å². The summed E-state index contributed by atoms with van der Waals surface area (Å²) in [5.41, 5.74) is 5.37. The second-order valence-electron chi connectivity index (χ2n) is 6.59. The fraction of sp³-hybridized carbons (Fsp3) is 0.182. The Hall–Kier alpha value is -3.14. The molecule has 2 aromatic carbocycles. The molecule has 4 rings (SSSR count). The van der Waals surface area contributed by atoms with Crippen LogP contribution in [0, 0.1) is 0 Å². The van der Waals surface area contributed by atoms with E-state index in [9.17, 15) is 9.59 Å². The summed E-state index contributed by atoms with van der Waals surface area (Å²) in [5, 5.41) is 3.31. The number of methoxy groups -OCH3 is 1. The fourth-order valence-corrected chi connectivity index (χ4v) is 3.93. The lowest BCUT2D eigenvalue weighted by molar-refractivity contribution is -0.113. The highest BCUT2D eigenvalue weighted by molar-refractivity contribution is 6.23. The van der Waals surface area contributed by atoms with Crippen molar-refractivity contribution in [3.63, 3.8) is 0 Å². The minimum Gasteiger partial charge on any atom is -0.497 e. The zero-order chi connectivity index (χ0) is 18.4. The van der Waals surface area contributed by atoms with E-state index in [2.05, 4.69) is 5.32 Å². The molecule has 2 aromatic rings. The Balaban J connectivity index is 1.93. The van der Waals surface area contributed by atoms with E-state index in [1.165, 1.54) is 0 Å². The lowest BCUT2D eigenvalue weighted by atomic mass is 9.78. The van der Waals surface area contributed by atoms with Gasteiger partial charge in [-0.3, -0.25) is 9.59 Å². The highest BCUT2D eigenvalue weighted by atomic mass is 16.5. The number of benzene rings is 2. The summed E-state index contributed by atoms with van der Waals surface area (Å²) in [6, 6.07) is 15.1. The molecule has 4 nitrogen and oxygen atoms in total. The van der Waals surface area contributed by atoms with Crippen LogP contribution in [0.1, 0.15) is 41.3 Å². The minimum absolute atomic E-state index is 0.0184. The molecule has 0 spiro atoms. The first-order valence-corrected chi connectivity index (χ1v) is 8.54. The quantitative estimate of drug-likeness (QED) is 0.918. The molecule has 0 fully saturated rings. The Kier molecular flexibility index (Phi) is 3.76. The van der Waals surface area contributed by atoms with Gasteiger partial charge in [-0.15, -0.1) is 0 Å². The monoisotopic (exact) mass is 345 g/mol. The van der Waals surface area contributed by atoms with Crippen molar-refractivity contribution in [1.82, 2.24) is 5.32 Å². The summed E-state index contributed by atoms with van der Waals surface area (Å²) < 4.78 is 5.24. The van der Waals surface area contributed by atoms with Crippen molar-refractivity contribution in [2.75, 3.05) is 7.11 Å². The number of hydrogen-bond donors (Lipinski definition) is 1. The average molecular weight is 345 g/mol. The number of rotatable bonds is 3. The van der Waals surface area contributed by atoms with E-state index in [0.717, 1.165) is 28.3 Å². The van der Waals surface area contributed by atoms with Gasteiger partial charge in [-0.2, -0.15) is 0 Å². The third kappa shape index (κ3) is 2.30. The van der Waals surface area contributed by atoms with Crippen LogP contribution in [0.4, 0.5) is 0 Å². The lowest BCUT2D eigenvalue weighted by Crippen LogP contribution is -2.27. The SMILES string of the molecule is COc1ccc([C@@H]2C(C(C)=O)=C(C)NC3=C2C(=O)c2ccccc23)cc1. The summed E-state index contributed by atoms with van der Waals surface area (Å²) in [6.07, 6.45) is 0. The van der Waals surface area contributed by atoms with Crippen molar-refractivity contribution in [1.29, 1.82) is 0 Å². The van der Waals surface area contributed by atoms with Crippen LogP contribution < -0.4 is 10.1 Å². The van der Waals surface area contributed by atoms with Crippen molar-refractivity contribution >= 4 is 17.3 Å². The van der Waals surface area contributed by atoms with Crippen molar-refractivity contribution in [3.05, 3.63) is 82.1 Å². The van der Waals surface area contributed by atoms with E-state index < -0.39 is 0 Å². The summed E-state index contributed by atoms with van der Waals surface area (Å²) in [7, 11) is 1.61. The molecule has 0 saturated heterocycles. The molecule has 1 heterocycles. The highest BCUT2D eigenvalue weighted by Gasteiger charge is 2.41. The smallest absolute Gasteiger partial charge is 0.192 e. The van der Waals surface area contributed by atoms with Crippen LogP contribution in [-0.4, -0.2) is 18.7 Å². The van der Waals surface area contributed by atoms with Gasteiger partial charge in [0.1, 0.15) is 5.75 Å². The molecule has 0 unspecified atom stereocenters. The molecule has 26 heavy (non-hydrogen) atoms. The van der Waals surface area contributed by atoms with Crippen LogP contribution in [0.5, 0.6) is 5.75 Å². The van der Waals surface area contributed by atoms with E-state index >= 15 is 0 Å². The maximum atomic E-state index is 13.2. The van der Waals surface area contributed by atoms with Crippen LogP contribution in [0.15, 0.2) is 65.4 Å². The van der Waals surface area contributed by atoms with Crippen LogP contribution in [0.3, 0.4) is 0 Å². The van der Waals surface area contributed by atoms with Gasteiger partial charge in [-0.05, 0) is 31.5 Å². The summed E-state index contributed by atoms with van der Waals surface area (Å²) in [4.78, 5) is 25.6. The minimum atomic E-state index is -0.380. The van der Waals surface area contributed by atoms with Crippen molar-refractivity contribution in [3.8, 4) is 5.75 Å². The largest absolute Gasteiger partial charge is 0.497 e. The van der Waals surface area contributed by atoms with E-state index in [1.807, 2.05) is 55.5 Å². The second-order valence-corrected chi connectivity index (χ2v) is 6.59. The third-order valence-corrected chi connectivity index (χ3v) is 5.08. The van der Waals surface area contributed by atoms with Gasteiger partial charge >= 0.3 is 0 Å². The number of ketones is 2. The van der Waals surface area contributed by atoms with E-state index in [-0.39, 0.29) is 17.5 Å². The van der Waals surface area contributed by atoms with Crippen LogP contribution in [0.2, 0.25) is 0 Å². The Labute approximate surface area is 152 Å². The topological polar surface area (TPSA) is 55.4 Å². The molecule has 4 heteroatoms. The number of dihydropyridines is 1. The van der Waals surface area contributed by atoms with Gasteiger partial charge in [0.15, 0.2) is 11.6 Å². The summed E-state index contributed by atoms with van der Waals surface area (Å²) >= 11 is 0. The zero-order valence-corrected chi connectivity index (χ0v) is 14.9. The molecule has 0 saturated carbocycles. The predicted octanol–water partition coefficient (Wildman–Crippen LogP) is 3.85. The molecule has 1 N–H and O–H groups in total. The number of carbonyl (C=O) groups is 2. The number of ether oxygens (including phenoxy) is 1. The number of nitrogens with one attached hydrogen (secondary N) is 1. The van der Waals surface area contributed by atoms with Gasteiger partial charge in [0, 0.05) is 33.9 Å². The molecular weight excluding hydrogens is 326 g/mol. The van der Waals surface area contributed by atoms with Crippen molar-refractivity contribution in [2.24, 2.45) is 0 Å². The number of Topliss-reactive ketones (excluding diaryl/α,β-unsaturated/α-hetero) is 2. The molecule has 1 atom stereocenters. The van der Waals surface area contributed by atoms with Crippen molar-refractivity contribution < 1.29 is 14.3 Å². The maximum Gasteiger partial charge on any atom is 0.192 e. The number of carbonyl (C=O) groups excluding carboxylic acids is 2. The third-order valence-electron chi connectivity index (χ3n) is 5.08. The summed E-state index contributed by atoms with van der Waals surface area (Å²) in [5.74, 6) is 0.304. The first-order chi connectivity index (χ1) is 12.5. The van der Waals surface area contributed by atoms with Gasteiger partial charge < -0.3 is 10.1 Å². The first kappa shape index (κ1) is 16.3. The van der Waals surface area contributed by atoms with E-state index in [1.54, 1.807) is 14.0 Å². The van der Waals surface area contributed by atoms with E-state index in [4.69, 9.17) is 4.74 Å². The molecule has 2 aliphatic rings. The molecular formula is C22H19NO3. The summed E-state index contributed by atoms with van der Waals surface area (Å²) in [6.45, 7) is 3.44. The van der Waals surface area contributed by atoms with Crippen molar-refractivity contribution in [2.45, 2.75) is 19.8 Å². The highest BCUT2D eigenvalue weighted by Crippen LogP contribution is 2.46.